The lowest BCUT2D eigenvalue weighted by atomic mass is 10.1. The molecule has 1 aromatic rings. The molecule has 1 aliphatic heterocycles. The smallest absolute Gasteiger partial charge is 0.238 e. The molecule has 1 aromatic carbocycles. The molecule has 2 aliphatic rings. The summed E-state index contributed by atoms with van der Waals surface area (Å²) in [5.74, 6) is 0.107. The van der Waals surface area contributed by atoms with Crippen molar-refractivity contribution < 1.29 is 14.7 Å². The monoisotopic (exact) mass is 373 g/mol. The van der Waals surface area contributed by atoms with Crippen molar-refractivity contribution in [3.63, 3.8) is 0 Å². The highest BCUT2D eigenvalue weighted by Gasteiger charge is 2.31. The number of nitrogens with zero attached hydrogens (tertiary/aromatic N) is 2. The van der Waals surface area contributed by atoms with Crippen LogP contribution < -0.4 is 5.32 Å². The number of hydrogen-bond donors (Lipinski definition) is 2. The van der Waals surface area contributed by atoms with Gasteiger partial charge in [0.2, 0.25) is 11.8 Å². The zero-order valence-corrected chi connectivity index (χ0v) is 16.4. The molecule has 6 heteroatoms. The van der Waals surface area contributed by atoms with Crippen molar-refractivity contribution in [2.24, 2.45) is 0 Å². The maximum absolute atomic E-state index is 12.6. The molecule has 6 nitrogen and oxygen atoms in total. The first-order valence-electron chi connectivity index (χ1n) is 10.00. The summed E-state index contributed by atoms with van der Waals surface area (Å²) >= 11 is 0. The Morgan fingerprint density at radius 3 is 2.37 bits per heavy atom. The van der Waals surface area contributed by atoms with Gasteiger partial charge in [-0.15, -0.1) is 0 Å². The molecule has 1 saturated heterocycles. The van der Waals surface area contributed by atoms with E-state index in [0.717, 1.165) is 29.7 Å². The van der Waals surface area contributed by atoms with Crippen LogP contribution in [0.2, 0.25) is 0 Å². The molecule has 2 amide bonds. The predicted molar refractivity (Wildman–Crippen MR) is 106 cm³/mol. The van der Waals surface area contributed by atoms with Gasteiger partial charge in [0.15, 0.2) is 0 Å². The van der Waals surface area contributed by atoms with Gasteiger partial charge >= 0.3 is 0 Å². The van der Waals surface area contributed by atoms with E-state index in [4.69, 9.17) is 0 Å². The van der Waals surface area contributed by atoms with Crippen molar-refractivity contribution in [2.45, 2.75) is 58.1 Å². The third-order valence-electron chi connectivity index (χ3n) is 5.59. The summed E-state index contributed by atoms with van der Waals surface area (Å²) in [4.78, 5) is 29.0. The number of aryl methyl sites for hydroxylation is 2. The normalized spacial score (nSPS) is 18.0. The van der Waals surface area contributed by atoms with Gasteiger partial charge in [-0.2, -0.15) is 0 Å². The Hall–Kier alpha value is -1.92. The number of nitrogens with one attached hydrogen (secondary N) is 1. The summed E-state index contributed by atoms with van der Waals surface area (Å²) in [5, 5.41) is 12.6. The number of carbonyl (C=O) groups is 2. The number of amides is 2. The fourth-order valence-electron chi connectivity index (χ4n) is 3.72. The summed E-state index contributed by atoms with van der Waals surface area (Å²) in [6, 6.07) is 6.40. The summed E-state index contributed by atoms with van der Waals surface area (Å²) in [5.41, 5.74) is 3.01. The second kappa shape index (κ2) is 8.85. The number of benzene rings is 1. The van der Waals surface area contributed by atoms with E-state index in [-0.39, 0.29) is 17.9 Å². The van der Waals surface area contributed by atoms with E-state index < -0.39 is 0 Å². The van der Waals surface area contributed by atoms with Crippen molar-refractivity contribution in [3.8, 4) is 0 Å². The van der Waals surface area contributed by atoms with Gasteiger partial charge in [-0.3, -0.25) is 14.5 Å². The van der Waals surface area contributed by atoms with E-state index in [1.54, 1.807) is 0 Å². The van der Waals surface area contributed by atoms with Crippen LogP contribution in [-0.4, -0.2) is 65.0 Å². The number of rotatable bonds is 7. The fraction of sp³-hybridized carbons (Fsp3) is 0.619. The zero-order chi connectivity index (χ0) is 19.4. The quantitative estimate of drug-likeness (QED) is 0.768. The van der Waals surface area contributed by atoms with E-state index >= 15 is 0 Å². The van der Waals surface area contributed by atoms with E-state index in [2.05, 4.69) is 10.2 Å². The van der Waals surface area contributed by atoms with Crippen LogP contribution in [0.15, 0.2) is 18.2 Å². The highest BCUT2D eigenvalue weighted by atomic mass is 16.3. The molecular weight excluding hydrogens is 342 g/mol. The molecule has 2 N–H and O–H groups in total. The highest BCUT2D eigenvalue weighted by molar-refractivity contribution is 5.93. The second-order valence-electron chi connectivity index (χ2n) is 7.88. The molecule has 0 bridgehead atoms. The van der Waals surface area contributed by atoms with Crippen molar-refractivity contribution in [1.82, 2.24) is 9.80 Å². The van der Waals surface area contributed by atoms with Crippen molar-refractivity contribution in [1.29, 1.82) is 0 Å². The fourth-order valence-corrected chi connectivity index (χ4v) is 3.72. The maximum Gasteiger partial charge on any atom is 0.238 e. The van der Waals surface area contributed by atoms with E-state index in [1.807, 2.05) is 36.9 Å². The number of anilines is 1. The Labute approximate surface area is 161 Å². The van der Waals surface area contributed by atoms with Gasteiger partial charge < -0.3 is 15.3 Å². The molecule has 0 aromatic heterocycles. The lowest BCUT2D eigenvalue weighted by Crippen LogP contribution is -2.42. The highest BCUT2D eigenvalue weighted by Crippen LogP contribution is 2.27. The van der Waals surface area contributed by atoms with Gasteiger partial charge in [0, 0.05) is 37.8 Å². The minimum atomic E-state index is -0.273. The van der Waals surface area contributed by atoms with Gasteiger partial charge in [0.1, 0.15) is 0 Å². The van der Waals surface area contributed by atoms with Gasteiger partial charge in [0.05, 0.1) is 12.6 Å². The van der Waals surface area contributed by atoms with Crippen molar-refractivity contribution >= 4 is 17.5 Å². The molecule has 27 heavy (non-hydrogen) atoms. The number of para-hydroxylation sites is 1. The average Bonchev–Trinajstić information content (AvgIpc) is 3.47. The minimum absolute atomic E-state index is 0.0205. The second-order valence-corrected chi connectivity index (χ2v) is 7.88. The number of piperidine rings is 1. The van der Waals surface area contributed by atoms with E-state index in [0.29, 0.717) is 51.5 Å². The standard InChI is InChI=1S/C21H31N3O3/c1-15-4-3-5-16(2)21(15)22-19(26)14-24(17-6-7-17)13-10-20(27)23-11-8-18(25)9-12-23/h3-5,17-18,25H,6-14H2,1-2H3,(H,22,26). The SMILES string of the molecule is Cc1cccc(C)c1NC(=O)CN(CCC(=O)N1CCC(O)CC1)C1CC1. The molecule has 1 heterocycles. The van der Waals surface area contributed by atoms with Crippen LogP contribution in [0, 0.1) is 13.8 Å². The van der Waals surface area contributed by atoms with Crippen LogP contribution in [0.5, 0.6) is 0 Å². The summed E-state index contributed by atoms with van der Waals surface area (Å²) in [7, 11) is 0. The molecule has 148 valence electrons. The molecule has 3 rings (SSSR count). The molecule has 0 atom stereocenters. The van der Waals surface area contributed by atoms with Crippen LogP contribution in [0.3, 0.4) is 0 Å². The first-order chi connectivity index (χ1) is 12.9. The summed E-state index contributed by atoms with van der Waals surface area (Å²) < 4.78 is 0. The Balaban J connectivity index is 1.50. The first kappa shape index (κ1) is 19.8. The Morgan fingerprint density at radius 1 is 1.15 bits per heavy atom. The van der Waals surface area contributed by atoms with Crippen LogP contribution >= 0.6 is 0 Å². The number of likely N-dealkylation sites (tertiary alicyclic amines) is 1. The third-order valence-corrected chi connectivity index (χ3v) is 5.59. The van der Waals surface area contributed by atoms with Crippen LogP contribution in [0.1, 0.15) is 43.2 Å². The topological polar surface area (TPSA) is 72.9 Å². The number of hydrogen-bond acceptors (Lipinski definition) is 4. The summed E-state index contributed by atoms with van der Waals surface area (Å²) in [6.45, 7) is 6.20. The Morgan fingerprint density at radius 2 is 1.78 bits per heavy atom. The molecular formula is C21H31N3O3. The first-order valence-corrected chi connectivity index (χ1v) is 10.00. The lowest BCUT2D eigenvalue weighted by Gasteiger charge is -2.30. The maximum atomic E-state index is 12.6. The molecule has 0 radical (unpaired) electrons. The molecule has 0 unspecified atom stereocenters. The van der Waals surface area contributed by atoms with Crippen molar-refractivity contribution in [2.75, 3.05) is 31.5 Å². The average molecular weight is 373 g/mol. The Bertz CT molecular complexity index is 659. The molecule has 1 saturated carbocycles. The van der Waals surface area contributed by atoms with E-state index in [9.17, 15) is 14.7 Å². The van der Waals surface area contributed by atoms with E-state index in [1.165, 1.54) is 0 Å². The number of carbonyl (C=O) groups excluding carboxylic acids is 2. The number of aliphatic hydroxyl groups is 1. The number of aliphatic hydroxyl groups excluding tert-OH is 1. The van der Waals surface area contributed by atoms with Crippen molar-refractivity contribution in [3.05, 3.63) is 29.3 Å². The summed E-state index contributed by atoms with van der Waals surface area (Å²) in [6.07, 6.45) is 3.68. The Kier molecular flexibility index (Phi) is 6.50. The molecule has 0 spiro atoms. The zero-order valence-electron chi connectivity index (χ0n) is 16.4. The van der Waals surface area contributed by atoms with Gasteiger partial charge in [-0.05, 0) is 50.7 Å². The third kappa shape index (κ3) is 5.53. The largest absolute Gasteiger partial charge is 0.393 e. The molecule has 2 fully saturated rings. The van der Waals surface area contributed by atoms with Gasteiger partial charge in [-0.25, -0.2) is 0 Å². The predicted octanol–water partition coefficient (Wildman–Crippen LogP) is 2.08. The minimum Gasteiger partial charge on any atom is -0.393 e. The van der Waals surface area contributed by atoms with Crippen LogP contribution in [0.25, 0.3) is 0 Å². The van der Waals surface area contributed by atoms with Gasteiger partial charge in [0.25, 0.3) is 0 Å². The van der Waals surface area contributed by atoms with Crippen LogP contribution in [0.4, 0.5) is 5.69 Å². The van der Waals surface area contributed by atoms with Gasteiger partial charge in [-0.1, -0.05) is 18.2 Å². The van der Waals surface area contributed by atoms with Crippen LogP contribution in [-0.2, 0) is 9.59 Å². The molecule has 1 aliphatic carbocycles. The lowest BCUT2D eigenvalue weighted by molar-refractivity contribution is -0.133.